The summed E-state index contributed by atoms with van der Waals surface area (Å²) in [4.78, 5) is 2.26. The molecule has 1 aliphatic rings. The molecule has 0 unspecified atom stereocenters. The first-order valence-corrected chi connectivity index (χ1v) is 8.94. The second-order valence-corrected chi connectivity index (χ2v) is 5.90. The van der Waals surface area contributed by atoms with Crippen molar-refractivity contribution in [3.63, 3.8) is 0 Å². The van der Waals surface area contributed by atoms with Crippen molar-refractivity contribution in [3.05, 3.63) is 12.1 Å². The van der Waals surface area contributed by atoms with Crippen LogP contribution in [0.5, 0.6) is 11.5 Å². The third-order valence-electron chi connectivity index (χ3n) is 4.02. The molecule has 0 aliphatic carbocycles. The molecular formula is C18H29N3O3. The lowest BCUT2D eigenvalue weighted by Crippen LogP contribution is -2.36. The van der Waals surface area contributed by atoms with Gasteiger partial charge in [-0.3, -0.25) is 0 Å². The fourth-order valence-corrected chi connectivity index (χ4v) is 2.56. The van der Waals surface area contributed by atoms with Crippen molar-refractivity contribution < 1.29 is 14.2 Å². The molecule has 134 valence electrons. The van der Waals surface area contributed by atoms with Gasteiger partial charge in [0, 0.05) is 25.2 Å². The van der Waals surface area contributed by atoms with E-state index >= 15 is 0 Å². The highest BCUT2D eigenvalue weighted by molar-refractivity contribution is 5.70. The lowest BCUT2D eigenvalue weighted by Gasteiger charge is -2.30. The van der Waals surface area contributed by atoms with Crippen molar-refractivity contribution >= 4 is 11.4 Å². The van der Waals surface area contributed by atoms with Crippen LogP contribution in [0.2, 0.25) is 0 Å². The molecule has 1 saturated heterocycles. The number of benzene rings is 1. The summed E-state index contributed by atoms with van der Waals surface area (Å²) in [5.74, 6) is 1.43. The maximum atomic E-state index is 7.45. The Bertz CT molecular complexity index is 516. The molecule has 1 aliphatic heterocycles. The van der Waals surface area contributed by atoms with Crippen molar-refractivity contribution in [2.24, 2.45) is 5.11 Å². The maximum absolute atomic E-state index is 7.45. The van der Waals surface area contributed by atoms with E-state index in [0.717, 1.165) is 50.2 Å². The minimum absolute atomic E-state index is 0.523. The van der Waals surface area contributed by atoms with Gasteiger partial charge < -0.3 is 19.1 Å². The van der Waals surface area contributed by atoms with Gasteiger partial charge in [0.2, 0.25) is 0 Å². The van der Waals surface area contributed by atoms with Gasteiger partial charge in [-0.1, -0.05) is 26.7 Å². The Morgan fingerprint density at radius 2 is 1.67 bits per heavy atom. The average Bonchev–Trinajstić information content (AvgIpc) is 2.63. The average molecular weight is 335 g/mol. The molecular weight excluding hydrogens is 306 g/mol. The summed E-state index contributed by atoms with van der Waals surface area (Å²) < 4.78 is 17.3. The Morgan fingerprint density at radius 3 is 2.25 bits per heavy atom. The fraction of sp³-hybridized carbons (Fsp3) is 0.667. The van der Waals surface area contributed by atoms with Crippen LogP contribution >= 0.6 is 0 Å². The lowest BCUT2D eigenvalue weighted by atomic mass is 10.2. The molecule has 1 N–H and O–H groups in total. The van der Waals surface area contributed by atoms with Crippen LogP contribution in [0.4, 0.5) is 11.4 Å². The summed E-state index contributed by atoms with van der Waals surface area (Å²) >= 11 is 0. The summed E-state index contributed by atoms with van der Waals surface area (Å²) in [6, 6.07) is 3.80. The highest BCUT2D eigenvalue weighted by Gasteiger charge is 2.19. The molecule has 1 aromatic carbocycles. The first kappa shape index (κ1) is 18.5. The number of hydrogen-bond acceptors (Lipinski definition) is 6. The molecule has 0 spiro atoms. The predicted octanol–water partition coefficient (Wildman–Crippen LogP) is 4.54. The van der Waals surface area contributed by atoms with E-state index in [1.54, 1.807) is 0 Å². The topological polar surface area (TPSA) is 67.1 Å². The van der Waals surface area contributed by atoms with Crippen molar-refractivity contribution in [1.82, 2.24) is 0 Å². The SMILES string of the molecule is CCCCOc1cc(N2CCOCC2)c(OCCCC)cc1N=N. The Morgan fingerprint density at radius 1 is 1.04 bits per heavy atom. The molecule has 1 fully saturated rings. The first-order chi connectivity index (χ1) is 11.8. The molecule has 1 aromatic rings. The van der Waals surface area contributed by atoms with Crippen LogP contribution in [0.15, 0.2) is 17.2 Å². The number of anilines is 1. The van der Waals surface area contributed by atoms with Crippen LogP contribution in [0.25, 0.3) is 0 Å². The van der Waals surface area contributed by atoms with Gasteiger partial charge in [-0.25, -0.2) is 5.53 Å². The molecule has 1 heterocycles. The van der Waals surface area contributed by atoms with Gasteiger partial charge in [0.25, 0.3) is 0 Å². The third-order valence-corrected chi connectivity index (χ3v) is 4.02. The van der Waals surface area contributed by atoms with E-state index in [4.69, 9.17) is 19.7 Å². The zero-order chi connectivity index (χ0) is 17.2. The van der Waals surface area contributed by atoms with Crippen molar-refractivity contribution in [2.45, 2.75) is 39.5 Å². The highest BCUT2D eigenvalue weighted by atomic mass is 16.5. The van der Waals surface area contributed by atoms with E-state index in [2.05, 4.69) is 23.9 Å². The predicted molar refractivity (Wildman–Crippen MR) is 95.1 cm³/mol. The number of nitrogens with one attached hydrogen (secondary N) is 1. The van der Waals surface area contributed by atoms with Gasteiger partial charge in [-0.15, -0.1) is 0 Å². The zero-order valence-electron chi connectivity index (χ0n) is 14.8. The third kappa shape index (κ3) is 5.09. The van der Waals surface area contributed by atoms with Crippen LogP contribution < -0.4 is 14.4 Å². The highest BCUT2D eigenvalue weighted by Crippen LogP contribution is 2.40. The van der Waals surface area contributed by atoms with Crippen LogP contribution in [0.3, 0.4) is 0 Å². The largest absolute Gasteiger partial charge is 0.491 e. The molecule has 6 heteroatoms. The molecule has 6 nitrogen and oxygen atoms in total. The minimum Gasteiger partial charge on any atom is -0.491 e. The maximum Gasteiger partial charge on any atom is 0.149 e. The molecule has 0 aromatic heterocycles. The molecule has 0 saturated carbocycles. The first-order valence-electron chi connectivity index (χ1n) is 8.94. The summed E-state index contributed by atoms with van der Waals surface area (Å²) in [6.45, 7) is 8.66. The number of rotatable bonds is 10. The van der Waals surface area contributed by atoms with E-state index in [1.807, 2.05) is 12.1 Å². The summed E-state index contributed by atoms with van der Waals surface area (Å²) in [7, 11) is 0. The number of hydrogen-bond donors (Lipinski definition) is 1. The Kier molecular flexibility index (Phi) is 7.82. The molecule has 0 radical (unpaired) electrons. The standard InChI is InChI=1S/C18H29N3O3/c1-3-5-9-23-17-14-16(21-7-11-22-12-8-21)18(13-15(17)20-19)24-10-6-4-2/h13-14,19H,3-12H2,1-2H3. The van der Waals surface area contributed by atoms with Gasteiger partial charge in [0.15, 0.2) is 0 Å². The zero-order valence-corrected chi connectivity index (χ0v) is 14.8. The Hall–Kier alpha value is -1.82. The molecule has 24 heavy (non-hydrogen) atoms. The normalized spacial score (nSPS) is 14.5. The van der Waals surface area contributed by atoms with Gasteiger partial charge in [0.05, 0.1) is 32.1 Å². The molecule has 0 atom stereocenters. The monoisotopic (exact) mass is 335 g/mol. The van der Waals surface area contributed by atoms with E-state index in [0.29, 0.717) is 37.9 Å². The van der Waals surface area contributed by atoms with Crippen molar-refractivity contribution in [1.29, 1.82) is 5.53 Å². The van der Waals surface area contributed by atoms with Gasteiger partial charge in [0.1, 0.15) is 17.2 Å². The van der Waals surface area contributed by atoms with E-state index in [9.17, 15) is 0 Å². The summed E-state index contributed by atoms with van der Waals surface area (Å²) in [6.07, 6.45) is 4.15. The second-order valence-electron chi connectivity index (χ2n) is 5.90. The number of morpholine rings is 1. The lowest BCUT2D eigenvalue weighted by molar-refractivity contribution is 0.122. The fourth-order valence-electron chi connectivity index (χ4n) is 2.56. The summed E-state index contributed by atoms with van der Waals surface area (Å²) in [5.41, 5.74) is 8.98. The van der Waals surface area contributed by atoms with Crippen LogP contribution in [0.1, 0.15) is 39.5 Å². The van der Waals surface area contributed by atoms with Gasteiger partial charge >= 0.3 is 0 Å². The van der Waals surface area contributed by atoms with E-state index < -0.39 is 0 Å². The Balaban J connectivity index is 2.26. The van der Waals surface area contributed by atoms with E-state index in [1.165, 1.54) is 0 Å². The number of unbranched alkanes of at least 4 members (excludes halogenated alkanes) is 2. The summed E-state index contributed by atoms with van der Waals surface area (Å²) in [5, 5.41) is 3.63. The number of nitrogens with zero attached hydrogens (tertiary/aromatic N) is 2. The van der Waals surface area contributed by atoms with Gasteiger partial charge in [-0.05, 0) is 12.8 Å². The molecule has 2 rings (SSSR count). The van der Waals surface area contributed by atoms with Crippen molar-refractivity contribution in [3.8, 4) is 11.5 Å². The second kappa shape index (κ2) is 10.1. The number of ether oxygens (including phenoxy) is 3. The van der Waals surface area contributed by atoms with Crippen LogP contribution in [-0.4, -0.2) is 39.5 Å². The van der Waals surface area contributed by atoms with E-state index in [-0.39, 0.29) is 0 Å². The van der Waals surface area contributed by atoms with Gasteiger partial charge in [-0.2, -0.15) is 5.11 Å². The Labute approximate surface area is 144 Å². The quantitative estimate of drug-likeness (QED) is 0.503. The smallest absolute Gasteiger partial charge is 0.149 e. The minimum atomic E-state index is 0.523. The van der Waals surface area contributed by atoms with Crippen LogP contribution in [-0.2, 0) is 4.74 Å². The molecule has 0 amide bonds. The van der Waals surface area contributed by atoms with Crippen molar-refractivity contribution in [2.75, 3.05) is 44.4 Å². The van der Waals surface area contributed by atoms with Crippen LogP contribution in [0, 0.1) is 5.53 Å². The molecule has 0 bridgehead atoms.